The van der Waals surface area contributed by atoms with Crippen molar-refractivity contribution in [3.63, 3.8) is 0 Å². The van der Waals surface area contributed by atoms with Gasteiger partial charge in [-0.2, -0.15) is 13.2 Å². The van der Waals surface area contributed by atoms with Crippen molar-refractivity contribution >= 4 is 17.6 Å². The minimum Gasteiger partial charge on any atom is -0.483 e. The summed E-state index contributed by atoms with van der Waals surface area (Å²) in [4.78, 5) is 25.4. The van der Waals surface area contributed by atoms with Crippen molar-refractivity contribution in [2.24, 2.45) is 0 Å². The van der Waals surface area contributed by atoms with Crippen LogP contribution in [0.3, 0.4) is 0 Å². The van der Waals surface area contributed by atoms with Gasteiger partial charge in [-0.3, -0.25) is 9.59 Å². The Morgan fingerprint density at radius 3 is 2.48 bits per heavy atom. The van der Waals surface area contributed by atoms with Gasteiger partial charge in [0.15, 0.2) is 6.61 Å². The molecule has 1 heterocycles. The average Bonchev–Trinajstić information content (AvgIpc) is 2.70. The quantitative estimate of drug-likeness (QED) is 0.576. The number of nitrogens with zero attached hydrogens (tertiary/aromatic N) is 1. The van der Waals surface area contributed by atoms with E-state index in [1.807, 2.05) is 39.8 Å². The van der Waals surface area contributed by atoms with Crippen LogP contribution in [0, 0.1) is 6.92 Å². The number of amides is 1. The number of halogens is 3. The van der Waals surface area contributed by atoms with E-state index in [2.05, 4.69) is 0 Å². The third-order valence-corrected chi connectivity index (χ3v) is 5.93. The first-order valence-corrected chi connectivity index (χ1v) is 10.8. The smallest absolute Gasteiger partial charge is 0.422 e. The fraction of sp³-hybridized carbons (Fsp3) is 0.440. The van der Waals surface area contributed by atoms with Gasteiger partial charge in [0.2, 0.25) is 5.91 Å². The summed E-state index contributed by atoms with van der Waals surface area (Å²) in [6.07, 6.45) is -3.99. The van der Waals surface area contributed by atoms with Crippen molar-refractivity contribution in [1.82, 2.24) is 0 Å². The first-order chi connectivity index (χ1) is 15.3. The molecule has 1 aliphatic heterocycles. The summed E-state index contributed by atoms with van der Waals surface area (Å²) >= 11 is 0. The number of carboxylic acids is 1. The predicted molar refractivity (Wildman–Crippen MR) is 120 cm³/mol. The van der Waals surface area contributed by atoms with Gasteiger partial charge in [0.25, 0.3) is 0 Å². The SMILES string of the molecule is CCN1C(=O)CC(C)(C)c2cc(C)c(-c3cc(CCC(=O)O)ccc3OCC(F)(F)F)cc21. The van der Waals surface area contributed by atoms with Crippen molar-refractivity contribution in [3.05, 3.63) is 47.0 Å². The molecule has 0 atom stereocenters. The van der Waals surface area contributed by atoms with E-state index in [0.717, 1.165) is 16.8 Å². The second-order valence-electron chi connectivity index (χ2n) is 9.01. The van der Waals surface area contributed by atoms with Crippen molar-refractivity contribution in [2.75, 3.05) is 18.1 Å². The Kier molecular flexibility index (Phi) is 6.77. The van der Waals surface area contributed by atoms with E-state index in [4.69, 9.17) is 9.84 Å². The van der Waals surface area contributed by atoms with Gasteiger partial charge in [0.1, 0.15) is 5.75 Å². The summed E-state index contributed by atoms with van der Waals surface area (Å²) in [6.45, 7) is 6.78. The van der Waals surface area contributed by atoms with Crippen LogP contribution in [0.15, 0.2) is 30.3 Å². The molecule has 3 rings (SSSR count). The highest BCUT2D eigenvalue weighted by Gasteiger charge is 2.37. The molecule has 0 aromatic heterocycles. The van der Waals surface area contributed by atoms with Gasteiger partial charge in [-0.1, -0.05) is 26.0 Å². The number of carbonyl (C=O) groups is 2. The van der Waals surface area contributed by atoms with Crippen LogP contribution in [0.5, 0.6) is 5.75 Å². The molecular formula is C25H28F3NO4. The van der Waals surface area contributed by atoms with E-state index in [1.165, 1.54) is 6.07 Å². The number of benzene rings is 2. The topological polar surface area (TPSA) is 66.8 Å². The van der Waals surface area contributed by atoms with Crippen molar-refractivity contribution in [3.8, 4) is 16.9 Å². The van der Waals surface area contributed by atoms with Crippen LogP contribution < -0.4 is 9.64 Å². The third-order valence-electron chi connectivity index (χ3n) is 5.93. The molecule has 0 spiro atoms. The Bertz CT molecular complexity index is 1080. The van der Waals surface area contributed by atoms with Gasteiger partial charge in [-0.15, -0.1) is 0 Å². The number of rotatable bonds is 7. The number of carboxylic acid groups (broad SMARTS) is 1. The predicted octanol–water partition coefficient (Wildman–Crippen LogP) is 5.65. The van der Waals surface area contributed by atoms with Crippen LogP contribution in [0.25, 0.3) is 11.1 Å². The van der Waals surface area contributed by atoms with Crippen LogP contribution in [0.4, 0.5) is 18.9 Å². The molecule has 178 valence electrons. The molecule has 0 bridgehead atoms. The molecule has 1 aliphatic rings. The monoisotopic (exact) mass is 463 g/mol. The minimum atomic E-state index is -4.50. The molecule has 33 heavy (non-hydrogen) atoms. The van der Waals surface area contributed by atoms with Crippen LogP contribution in [0.1, 0.15) is 50.3 Å². The van der Waals surface area contributed by atoms with Gasteiger partial charge in [-0.25, -0.2) is 0 Å². The highest BCUT2D eigenvalue weighted by molar-refractivity contribution is 5.99. The Hall–Kier alpha value is -3.03. The van der Waals surface area contributed by atoms with Gasteiger partial charge < -0.3 is 14.7 Å². The minimum absolute atomic E-state index is 0.00597. The number of aryl methyl sites for hydroxylation is 2. The zero-order valence-corrected chi connectivity index (χ0v) is 19.2. The highest BCUT2D eigenvalue weighted by Crippen LogP contribution is 2.45. The van der Waals surface area contributed by atoms with E-state index in [1.54, 1.807) is 17.0 Å². The highest BCUT2D eigenvalue weighted by atomic mass is 19.4. The van der Waals surface area contributed by atoms with Crippen LogP contribution in [-0.2, 0) is 21.4 Å². The normalized spacial score (nSPS) is 15.4. The lowest BCUT2D eigenvalue weighted by Gasteiger charge is -2.39. The van der Waals surface area contributed by atoms with Crippen molar-refractivity contribution in [2.45, 2.75) is 58.5 Å². The Morgan fingerprint density at radius 1 is 1.18 bits per heavy atom. The van der Waals surface area contributed by atoms with E-state index < -0.39 is 18.8 Å². The zero-order chi connectivity index (χ0) is 24.6. The summed E-state index contributed by atoms with van der Waals surface area (Å²) in [7, 11) is 0. The molecule has 0 fully saturated rings. The summed E-state index contributed by atoms with van der Waals surface area (Å²) in [5.74, 6) is -0.911. The van der Waals surface area contributed by atoms with Crippen LogP contribution >= 0.6 is 0 Å². The number of anilines is 1. The number of fused-ring (bicyclic) bond motifs is 1. The summed E-state index contributed by atoms with van der Waals surface area (Å²) in [5, 5.41) is 9.01. The van der Waals surface area contributed by atoms with Gasteiger partial charge in [0.05, 0.1) is 0 Å². The van der Waals surface area contributed by atoms with Crippen LogP contribution in [-0.4, -0.2) is 36.3 Å². The Morgan fingerprint density at radius 2 is 1.88 bits per heavy atom. The van der Waals surface area contributed by atoms with E-state index in [9.17, 15) is 22.8 Å². The lowest BCUT2D eigenvalue weighted by molar-refractivity contribution is -0.153. The third kappa shape index (κ3) is 5.49. The molecule has 1 N–H and O–H groups in total. The number of aliphatic carboxylic acids is 1. The lowest BCUT2D eigenvalue weighted by Crippen LogP contribution is -2.41. The number of carbonyl (C=O) groups excluding carboxylic acids is 1. The first-order valence-electron chi connectivity index (χ1n) is 10.8. The first kappa shape index (κ1) is 24.6. The zero-order valence-electron chi connectivity index (χ0n) is 19.2. The van der Waals surface area contributed by atoms with Gasteiger partial charge in [-0.05, 0) is 60.7 Å². The lowest BCUT2D eigenvalue weighted by atomic mass is 9.75. The van der Waals surface area contributed by atoms with E-state index in [-0.39, 0.29) is 29.9 Å². The number of hydrogen-bond acceptors (Lipinski definition) is 3. The fourth-order valence-electron chi connectivity index (χ4n) is 4.28. The van der Waals surface area contributed by atoms with Crippen molar-refractivity contribution < 1.29 is 32.6 Å². The van der Waals surface area contributed by atoms with Gasteiger partial charge >= 0.3 is 12.1 Å². The molecule has 0 unspecified atom stereocenters. The maximum absolute atomic E-state index is 12.9. The maximum Gasteiger partial charge on any atom is 0.422 e. The second-order valence-corrected chi connectivity index (χ2v) is 9.01. The fourth-order valence-corrected chi connectivity index (χ4v) is 4.28. The largest absolute Gasteiger partial charge is 0.483 e. The maximum atomic E-state index is 12.9. The summed E-state index contributed by atoms with van der Waals surface area (Å²) in [6, 6.07) is 8.52. The Balaban J connectivity index is 2.16. The second kappa shape index (κ2) is 9.08. The Labute approximate surface area is 191 Å². The summed E-state index contributed by atoms with van der Waals surface area (Å²) in [5.41, 5.74) is 3.95. The molecule has 0 radical (unpaired) electrons. The number of hydrogen-bond donors (Lipinski definition) is 1. The molecule has 2 aromatic carbocycles. The number of ether oxygens (including phenoxy) is 1. The van der Waals surface area contributed by atoms with Crippen LogP contribution in [0.2, 0.25) is 0 Å². The molecule has 1 amide bonds. The van der Waals surface area contributed by atoms with Crippen molar-refractivity contribution in [1.29, 1.82) is 0 Å². The van der Waals surface area contributed by atoms with E-state index in [0.29, 0.717) is 29.7 Å². The summed E-state index contributed by atoms with van der Waals surface area (Å²) < 4.78 is 43.7. The average molecular weight is 463 g/mol. The molecule has 0 aliphatic carbocycles. The number of alkyl halides is 3. The molecular weight excluding hydrogens is 435 g/mol. The molecule has 8 heteroatoms. The van der Waals surface area contributed by atoms with Gasteiger partial charge in [0, 0.05) is 36.1 Å². The molecule has 5 nitrogen and oxygen atoms in total. The molecule has 0 saturated heterocycles. The van der Waals surface area contributed by atoms with E-state index >= 15 is 0 Å². The molecule has 0 saturated carbocycles. The molecule has 2 aromatic rings. The standard InChI is InChI=1S/C25H28F3NO4/c1-5-29-20-12-17(15(2)10-19(20)24(3,4)13-22(29)30)18-11-16(7-9-23(31)32)6-8-21(18)33-14-25(26,27)28/h6,8,10-12H,5,7,9,13-14H2,1-4H3,(H,31,32).